The van der Waals surface area contributed by atoms with Crippen LogP contribution in [0.1, 0.15) is 54.7 Å². The van der Waals surface area contributed by atoms with Gasteiger partial charge in [-0.1, -0.05) is 60.7 Å². The number of carbonyl (C=O) groups is 1. The summed E-state index contributed by atoms with van der Waals surface area (Å²) in [7, 11) is 0. The van der Waals surface area contributed by atoms with Crippen LogP contribution in [0.2, 0.25) is 0 Å². The third kappa shape index (κ3) is 16.3. The summed E-state index contributed by atoms with van der Waals surface area (Å²) in [5, 5.41) is 41.3. The molecule has 0 aliphatic heterocycles. The molecule has 6 N–H and O–H groups in total. The summed E-state index contributed by atoms with van der Waals surface area (Å²) < 4.78 is 23.4. The second-order valence-corrected chi connectivity index (χ2v) is 20.3. The molecule has 73 heavy (non-hydrogen) atoms. The summed E-state index contributed by atoms with van der Waals surface area (Å²) in [6, 6.07) is 47.9. The highest BCUT2D eigenvalue weighted by atomic mass is 32.1. The molecule has 0 aliphatic rings. The van der Waals surface area contributed by atoms with Crippen molar-refractivity contribution in [2.75, 3.05) is 26.3 Å². The summed E-state index contributed by atoms with van der Waals surface area (Å²) in [6.45, 7) is 9.58. The highest BCUT2D eigenvalue weighted by Gasteiger charge is 2.22. The first-order valence-corrected chi connectivity index (χ1v) is 25.5. The van der Waals surface area contributed by atoms with Crippen LogP contribution in [0.5, 0.6) is 34.8 Å². The second kappa shape index (κ2) is 25.8. The number of carbonyl (C=O) groups excluding carboxylic acids is 1. The SMILES string of the molecule is CC(C)(Cc1ccc(Oc2ncccc2C#N)cc1)NC[C@H](O)COc1ccccc1-c1cccs1.CC(C)(Cc1ccc(Oc2ncccc2C(N)=O)cc1)NC[C@H](O)COc1ccccc1-c1cccs1. The number of aromatic nitrogens is 2. The van der Waals surface area contributed by atoms with E-state index >= 15 is 0 Å². The van der Waals surface area contributed by atoms with Crippen molar-refractivity contribution in [1.29, 1.82) is 5.26 Å². The molecule has 15 heteroatoms. The Labute approximate surface area is 434 Å². The molecular formula is C58H60N6O7S2. The van der Waals surface area contributed by atoms with Gasteiger partial charge in [-0.15, -0.1) is 22.7 Å². The Morgan fingerprint density at radius 1 is 0.616 bits per heavy atom. The maximum atomic E-state index is 11.6. The summed E-state index contributed by atoms with van der Waals surface area (Å²) in [4.78, 5) is 22.1. The fraction of sp³-hybridized carbons (Fsp3) is 0.241. The Bertz CT molecular complexity index is 3010. The summed E-state index contributed by atoms with van der Waals surface area (Å²) in [6.07, 6.45) is 3.33. The first kappa shape index (κ1) is 53.4. The fourth-order valence-electron chi connectivity index (χ4n) is 7.67. The number of primary amides is 1. The van der Waals surface area contributed by atoms with Crippen LogP contribution in [-0.2, 0) is 12.8 Å². The van der Waals surface area contributed by atoms with Gasteiger partial charge in [0.2, 0.25) is 11.8 Å². The summed E-state index contributed by atoms with van der Waals surface area (Å²) >= 11 is 3.32. The summed E-state index contributed by atoms with van der Waals surface area (Å²) in [5.74, 6) is 2.60. The number of nitrogens with one attached hydrogen (secondary N) is 2. The van der Waals surface area contributed by atoms with E-state index in [1.165, 1.54) is 0 Å². The van der Waals surface area contributed by atoms with Crippen molar-refractivity contribution in [3.63, 3.8) is 0 Å². The standard InChI is InChI=1S/C29H31N3O4S.C29H29N3O3S/c1-29(2,17-20-11-13-22(14-12-20)36-28-24(27(30)34)8-5-15-31-28)32-18-21(33)19-35-25-9-4-3-7-23(25)26-10-6-16-37-26;1-29(2,17-21-11-13-24(14-12-21)35-28-22(18-30)7-5-15-31-28)32-19-23(33)20-34-26-9-4-3-8-25(26)27-10-6-16-36-27/h3-16,21,32-33H,17-19H2,1-2H3,(H2,30,34);3-16,23,32-33H,17,19-20H2,1-2H3/t21-;23-/m00/s1. The van der Waals surface area contributed by atoms with Crippen molar-refractivity contribution in [2.45, 2.75) is 63.8 Å². The van der Waals surface area contributed by atoms with Crippen molar-refractivity contribution >= 4 is 28.6 Å². The minimum absolute atomic E-state index is 0.180. The zero-order valence-electron chi connectivity index (χ0n) is 41.2. The van der Waals surface area contributed by atoms with Gasteiger partial charge in [0.25, 0.3) is 5.91 Å². The van der Waals surface area contributed by atoms with Crippen LogP contribution >= 0.6 is 22.7 Å². The number of aliphatic hydroxyl groups is 2. The van der Waals surface area contributed by atoms with Crippen molar-refractivity contribution < 1.29 is 34.0 Å². The van der Waals surface area contributed by atoms with Crippen LogP contribution in [0, 0.1) is 11.3 Å². The molecule has 8 aromatic rings. The van der Waals surface area contributed by atoms with E-state index in [0.29, 0.717) is 36.0 Å². The number of ether oxygens (including phenoxy) is 4. The Balaban J connectivity index is 0.000000214. The Kier molecular flexibility index (Phi) is 18.9. The quantitative estimate of drug-likeness (QED) is 0.0408. The molecule has 0 saturated heterocycles. The van der Waals surface area contributed by atoms with E-state index in [9.17, 15) is 20.3 Å². The smallest absolute Gasteiger partial charge is 0.254 e. The average Bonchev–Trinajstić information content (AvgIpc) is 4.15. The maximum absolute atomic E-state index is 11.6. The number of para-hydroxylation sites is 2. The van der Waals surface area contributed by atoms with Crippen LogP contribution in [0.3, 0.4) is 0 Å². The van der Waals surface area contributed by atoms with Crippen LogP contribution in [-0.4, -0.2) is 75.7 Å². The molecular weight excluding hydrogens is 957 g/mol. The molecule has 13 nitrogen and oxygen atoms in total. The minimum Gasteiger partial charge on any atom is -0.490 e. The van der Waals surface area contributed by atoms with Crippen LogP contribution in [0.25, 0.3) is 20.9 Å². The average molecular weight is 1020 g/mol. The number of nitriles is 1. The molecule has 0 spiro atoms. The van der Waals surface area contributed by atoms with Crippen molar-refractivity contribution in [2.24, 2.45) is 5.73 Å². The minimum atomic E-state index is -0.663. The fourth-order valence-corrected chi connectivity index (χ4v) is 9.18. The molecule has 376 valence electrons. The predicted octanol–water partition coefficient (Wildman–Crippen LogP) is 10.9. The van der Waals surface area contributed by atoms with Crippen LogP contribution < -0.4 is 35.3 Å². The van der Waals surface area contributed by atoms with Gasteiger partial charge in [-0.3, -0.25) is 4.79 Å². The van der Waals surface area contributed by atoms with Gasteiger partial charge in [0.05, 0.1) is 0 Å². The number of rotatable bonds is 23. The zero-order valence-corrected chi connectivity index (χ0v) is 42.9. The highest BCUT2D eigenvalue weighted by Crippen LogP contribution is 2.34. The molecule has 2 atom stereocenters. The highest BCUT2D eigenvalue weighted by molar-refractivity contribution is 7.13. The van der Waals surface area contributed by atoms with Gasteiger partial charge in [0, 0.05) is 57.4 Å². The third-order valence-corrected chi connectivity index (χ3v) is 13.1. The molecule has 1 amide bonds. The number of nitrogens with zero attached hydrogens (tertiary/aromatic N) is 3. The van der Waals surface area contributed by atoms with E-state index in [-0.39, 0.29) is 35.7 Å². The zero-order chi connectivity index (χ0) is 51.6. The van der Waals surface area contributed by atoms with E-state index in [1.54, 1.807) is 59.3 Å². The van der Waals surface area contributed by atoms with E-state index in [1.807, 2.05) is 120 Å². The van der Waals surface area contributed by atoms with Gasteiger partial charge < -0.3 is 45.5 Å². The number of amides is 1. The van der Waals surface area contributed by atoms with Gasteiger partial charge in [0.1, 0.15) is 65.6 Å². The first-order chi connectivity index (χ1) is 35.2. The number of β-amino-alcohol motifs (C(OH)–C–C–N with tert-alkyl or cyclic N) is 2. The molecule has 0 fully saturated rings. The number of hydrogen-bond acceptors (Lipinski definition) is 14. The number of pyridine rings is 2. The molecule has 4 heterocycles. The van der Waals surface area contributed by atoms with Gasteiger partial charge in [-0.05, 0) is 147 Å². The first-order valence-electron chi connectivity index (χ1n) is 23.8. The topological polar surface area (TPSA) is 194 Å². The molecule has 0 bridgehead atoms. The van der Waals surface area contributed by atoms with E-state index in [2.05, 4.69) is 66.5 Å². The Morgan fingerprint density at radius 3 is 1.52 bits per heavy atom. The molecule has 0 unspecified atom stereocenters. The summed E-state index contributed by atoms with van der Waals surface area (Å²) in [5.41, 5.74) is 9.79. The monoisotopic (exact) mass is 1020 g/mol. The molecule has 0 saturated carbocycles. The van der Waals surface area contributed by atoms with E-state index in [4.69, 9.17) is 24.7 Å². The predicted molar refractivity (Wildman–Crippen MR) is 289 cm³/mol. The van der Waals surface area contributed by atoms with E-state index < -0.39 is 18.1 Å². The molecule has 0 aliphatic carbocycles. The molecule has 8 rings (SSSR count). The number of hydrogen-bond donors (Lipinski definition) is 5. The number of thiophene rings is 2. The number of benzene rings is 4. The van der Waals surface area contributed by atoms with Gasteiger partial charge in [0.15, 0.2) is 0 Å². The van der Waals surface area contributed by atoms with Gasteiger partial charge in [-0.2, -0.15) is 5.26 Å². The normalized spacial score (nSPS) is 12.1. The van der Waals surface area contributed by atoms with Gasteiger partial charge >= 0.3 is 0 Å². The van der Waals surface area contributed by atoms with Gasteiger partial charge in [-0.25, -0.2) is 9.97 Å². The molecule has 4 aromatic heterocycles. The number of nitrogens with two attached hydrogens (primary N) is 1. The number of aliphatic hydroxyl groups excluding tert-OH is 2. The lowest BCUT2D eigenvalue weighted by Crippen LogP contribution is -2.46. The lowest BCUT2D eigenvalue weighted by atomic mass is 9.94. The Hall–Kier alpha value is -7.42. The van der Waals surface area contributed by atoms with Crippen molar-refractivity contribution in [3.8, 4) is 61.7 Å². The molecule has 0 radical (unpaired) electrons. The third-order valence-electron chi connectivity index (χ3n) is 11.3. The Morgan fingerprint density at radius 2 is 1.07 bits per heavy atom. The largest absolute Gasteiger partial charge is 0.490 e. The lowest BCUT2D eigenvalue weighted by Gasteiger charge is -2.28. The second-order valence-electron chi connectivity index (χ2n) is 18.4. The van der Waals surface area contributed by atoms with Crippen molar-refractivity contribution in [1.82, 2.24) is 20.6 Å². The maximum Gasteiger partial charge on any atom is 0.254 e. The van der Waals surface area contributed by atoms with Crippen LogP contribution in [0.15, 0.2) is 169 Å². The van der Waals surface area contributed by atoms with Crippen LogP contribution in [0.4, 0.5) is 0 Å². The lowest BCUT2D eigenvalue weighted by molar-refractivity contribution is 0.0991. The van der Waals surface area contributed by atoms with Crippen molar-refractivity contribution in [3.05, 3.63) is 191 Å². The van der Waals surface area contributed by atoms with E-state index in [0.717, 1.165) is 56.3 Å². The molecule has 4 aromatic carbocycles.